The number of hydrogen-bond donors (Lipinski definition) is 2. The van der Waals surface area contributed by atoms with Crippen molar-refractivity contribution in [2.75, 3.05) is 0 Å². The minimum absolute atomic E-state index is 0.102. The molecule has 0 saturated heterocycles. The van der Waals surface area contributed by atoms with E-state index in [0.717, 1.165) is 19.3 Å². The Morgan fingerprint density at radius 3 is 2.88 bits per heavy atom. The van der Waals surface area contributed by atoms with Gasteiger partial charge in [0, 0.05) is 12.1 Å². The molecule has 0 spiro atoms. The van der Waals surface area contributed by atoms with Gasteiger partial charge in [0.2, 0.25) is 5.88 Å². The summed E-state index contributed by atoms with van der Waals surface area (Å²) in [5, 5.41) is 0. The van der Waals surface area contributed by atoms with Gasteiger partial charge in [-0.3, -0.25) is 4.79 Å². The molecular weight excluding hydrogens is 206 g/mol. The highest BCUT2D eigenvalue weighted by molar-refractivity contribution is 5.90. The molecule has 1 aromatic heterocycles. The van der Waals surface area contributed by atoms with E-state index in [0.29, 0.717) is 5.88 Å². The van der Waals surface area contributed by atoms with Crippen molar-refractivity contribution < 1.29 is 9.53 Å². The second-order valence-corrected chi connectivity index (χ2v) is 4.04. The van der Waals surface area contributed by atoms with E-state index in [1.165, 1.54) is 0 Å². The van der Waals surface area contributed by atoms with Crippen molar-refractivity contribution in [1.29, 1.82) is 0 Å². The number of nitrogens with two attached hydrogens (primary N) is 2. The smallest absolute Gasteiger partial charge is 0.267 e. The number of hydrogen-bond acceptors (Lipinski definition) is 4. The molecule has 1 saturated carbocycles. The number of pyridine rings is 1. The summed E-state index contributed by atoms with van der Waals surface area (Å²) in [4.78, 5) is 14.9. The maximum absolute atomic E-state index is 10.9. The number of carbonyl (C=O) groups is 1. The van der Waals surface area contributed by atoms with Gasteiger partial charge in [0.05, 0.1) is 0 Å². The van der Waals surface area contributed by atoms with E-state index in [1.807, 2.05) is 0 Å². The predicted molar refractivity (Wildman–Crippen MR) is 59.0 cm³/mol. The fourth-order valence-electron chi connectivity index (χ4n) is 1.87. The zero-order valence-corrected chi connectivity index (χ0v) is 8.93. The molecule has 1 aliphatic rings. The Balaban J connectivity index is 2.04. The Kier molecular flexibility index (Phi) is 3.05. The minimum Gasteiger partial charge on any atom is -0.474 e. The van der Waals surface area contributed by atoms with E-state index in [2.05, 4.69) is 4.98 Å². The normalized spacial score (nSPS) is 24.3. The maximum Gasteiger partial charge on any atom is 0.267 e. The first-order chi connectivity index (χ1) is 7.65. The number of ether oxygens (including phenoxy) is 1. The van der Waals surface area contributed by atoms with E-state index in [1.54, 1.807) is 18.2 Å². The first-order valence-electron chi connectivity index (χ1n) is 5.34. The largest absolute Gasteiger partial charge is 0.474 e. The van der Waals surface area contributed by atoms with Crippen molar-refractivity contribution in [2.24, 2.45) is 11.5 Å². The molecule has 1 fully saturated rings. The Morgan fingerprint density at radius 1 is 1.44 bits per heavy atom. The van der Waals surface area contributed by atoms with E-state index >= 15 is 0 Å². The van der Waals surface area contributed by atoms with Crippen LogP contribution in [0.2, 0.25) is 0 Å². The Labute approximate surface area is 93.8 Å². The van der Waals surface area contributed by atoms with Crippen LogP contribution in [-0.2, 0) is 0 Å². The average molecular weight is 221 g/mol. The monoisotopic (exact) mass is 221 g/mol. The van der Waals surface area contributed by atoms with E-state index in [4.69, 9.17) is 16.2 Å². The van der Waals surface area contributed by atoms with Crippen molar-refractivity contribution in [2.45, 2.75) is 31.4 Å². The summed E-state index contributed by atoms with van der Waals surface area (Å²) >= 11 is 0. The molecule has 4 N–H and O–H groups in total. The molecule has 1 heterocycles. The number of aromatic nitrogens is 1. The van der Waals surface area contributed by atoms with Gasteiger partial charge in [0.25, 0.3) is 5.91 Å². The van der Waals surface area contributed by atoms with Crippen LogP contribution in [-0.4, -0.2) is 23.0 Å². The van der Waals surface area contributed by atoms with E-state index < -0.39 is 5.91 Å². The fourth-order valence-corrected chi connectivity index (χ4v) is 1.87. The predicted octanol–water partition coefficient (Wildman–Crippen LogP) is 0.439. The molecule has 86 valence electrons. The van der Waals surface area contributed by atoms with Crippen LogP contribution in [0.5, 0.6) is 5.88 Å². The van der Waals surface area contributed by atoms with Gasteiger partial charge in [-0.2, -0.15) is 0 Å². The van der Waals surface area contributed by atoms with Gasteiger partial charge < -0.3 is 16.2 Å². The number of rotatable bonds is 3. The number of nitrogens with zero attached hydrogens (tertiary/aromatic N) is 1. The lowest BCUT2D eigenvalue weighted by Gasteiger charge is -2.12. The number of primary amides is 1. The van der Waals surface area contributed by atoms with Crippen LogP contribution in [0, 0.1) is 0 Å². The van der Waals surface area contributed by atoms with Crippen molar-refractivity contribution in [3.63, 3.8) is 0 Å². The third kappa shape index (κ3) is 2.49. The molecule has 5 nitrogen and oxygen atoms in total. The van der Waals surface area contributed by atoms with Crippen LogP contribution in [0.4, 0.5) is 0 Å². The van der Waals surface area contributed by atoms with Gasteiger partial charge in [0.15, 0.2) is 0 Å². The molecule has 2 atom stereocenters. The lowest BCUT2D eigenvalue weighted by molar-refractivity contribution is 0.0993. The van der Waals surface area contributed by atoms with E-state index in [-0.39, 0.29) is 17.8 Å². The van der Waals surface area contributed by atoms with Crippen LogP contribution in [0.1, 0.15) is 29.8 Å². The number of carbonyl (C=O) groups excluding carboxylic acids is 1. The summed E-state index contributed by atoms with van der Waals surface area (Å²) in [6, 6.07) is 5.20. The van der Waals surface area contributed by atoms with Crippen LogP contribution in [0.25, 0.3) is 0 Å². The van der Waals surface area contributed by atoms with Crippen LogP contribution < -0.4 is 16.2 Å². The second kappa shape index (κ2) is 4.49. The molecular formula is C11H15N3O2. The summed E-state index contributed by atoms with van der Waals surface area (Å²) in [5.41, 5.74) is 11.1. The summed E-state index contributed by atoms with van der Waals surface area (Å²) in [6.07, 6.45) is 2.84. The van der Waals surface area contributed by atoms with Crippen molar-refractivity contribution in [3.8, 4) is 5.88 Å². The standard InChI is InChI=1S/C11H15N3O2/c12-7-4-5-8(6-7)16-10-3-1-2-9(14-10)11(13)15/h1-3,7-8H,4-6,12H2,(H2,13,15). The van der Waals surface area contributed by atoms with Crippen LogP contribution in [0.15, 0.2) is 18.2 Å². The molecule has 2 unspecified atom stereocenters. The van der Waals surface area contributed by atoms with Crippen LogP contribution in [0.3, 0.4) is 0 Å². The van der Waals surface area contributed by atoms with Crippen molar-refractivity contribution in [1.82, 2.24) is 4.98 Å². The third-order valence-electron chi connectivity index (χ3n) is 2.69. The molecule has 1 amide bonds. The first-order valence-corrected chi connectivity index (χ1v) is 5.34. The van der Waals surface area contributed by atoms with Gasteiger partial charge >= 0.3 is 0 Å². The Morgan fingerprint density at radius 2 is 2.25 bits per heavy atom. The second-order valence-electron chi connectivity index (χ2n) is 4.04. The summed E-state index contributed by atoms with van der Waals surface area (Å²) in [6.45, 7) is 0. The lowest BCUT2D eigenvalue weighted by atomic mass is 10.3. The molecule has 0 aliphatic heterocycles. The molecule has 0 radical (unpaired) electrons. The summed E-state index contributed by atoms with van der Waals surface area (Å²) in [7, 11) is 0. The number of amides is 1. The Hall–Kier alpha value is -1.62. The highest BCUT2D eigenvalue weighted by atomic mass is 16.5. The molecule has 1 aliphatic carbocycles. The van der Waals surface area contributed by atoms with Gasteiger partial charge in [-0.15, -0.1) is 0 Å². The zero-order chi connectivity index (χ0) is 11.5. The SMILES string of the molecule is NC(=O)c1cccc(OC2CCC(N)C2)n1. The summed E-state index contributed by atoms with van der Waals surface area (Å²) < 4.78 is 5.64. The first kappa shape index (κ1) is 10.9. The van der Waals surface area contributed by atoms with Gasteiger partial charge in [-0.05, 0) is 25.3 Å². The molecule has 1 aromatic rings. The quantitative estimate of drug-likeness (QED) is 0.774. The Bertz CT molecular complexity index is 395. The highest BCUT2D eigenvalue weighted by Gasteiger charge is 2.23. The zero-order valence-electron chi connectivity index (χ0n) is 8.93. The molecule has 5 heteroatoms. The maximum atomic E-state index is 10.9. The highest BCUT2D eigenvalue weighted by Crippen LogP contribution is 2.22. The van der Waals surface area contributed by atoms with Crippen molar-refractivity contribution in [3.05, 3.63) is 23.9 Å². The van der Waals surface area contributed by atoms with Gasteiger partial charge in [-0.25, -0.2) is 4.98 Å². The molecule has 0 bridgehead atoms. The fraction of sp³-hybridized carbons (Fsp3) is 0.455. The molecule has 16 heavy (non-hydrogen) atoms. The molecule has 2 rings (SSSR count). The average Bonchev–Trinajstić information content (AvgIpc) is 2.64. The molecule has 0 aromatic carbocycles. The lowest BCUT2D eigenvalue weighted by Crippen LogP contribution is -2.20. The van der Waals surface area contributed by atoms with Crippen LogP contribution >= 0.6 is 0 Å². The topological polar surface area (TPSA) is 91.2 Å². The van der Waals surface area contributed by atoms with E-state index in [9.17, 15) is 4.79 Å². The third-order valence-corrected chi connectivity index (χ3v) is 2.69. The van der Waals surface area contributed by atoms with Crippen molar-refractivity contribution >= 4 is 5.91 Å². The van der Waals surface area contributed by atoms with Gasteiger partial charge in [-0.1, -0.05) is 6.07 Å². The van der Waals surface area contributed by atoms with Gasteiger partial charge in [0.1, 0.15) is 11.8 Å². The minimum atomic E-state index is -0.548. The summed E-state index contributed by atoms with van der Waals surface area (Å²) in [5.74, 6) is -0.107.